The summed E-state index contributed by atoms with van der Waals surface area (Å²) in [6.07, 6.45) is -3.82. The van der Waals surface area contributed by atoms with E-state index in [0.717, 1.165) is 11.3 Å². The lowest BCUT2D eigenvalue weighted by Gasteiger charge is -2.23. The van der Waals surface area contributed by atoms with Gasteiger partial charge in [0, 0.05) is 39.4 Å². The number of para-hydroxylation sites is 1. The summed E-state index contributed by atoms with van der Waals surface area (Å²) in [6.45, 7) is -0.107. The molecule has 0 bridgehead atoms. The molecule has 0 fully saturated rings. The Morgan fingerprint density at radius 2 is 2.00 bits per heavy atom. The summed E-state index contributed by atoms with van der Waals surface area (Å²) < 4.78 is 45.7. The monoisotopic (exact) mass is 347 g/mol. The largest absolute Gasteiger partial charge is 0.496 e. The summed E-state index contributed by atoms with van der Waals surface area (Å²) in [5.74, 6) is 1.44. The van der Waals surface area contributed by atoms with E-state index < -0.39 is 12.8 Å². The minimum atomic E-state index is -4.28. The van der Waals surface area contributed by atoms with Crippen LogP contribution in [0.4, 0.5) is 13.2 Å². The van der Waals surface area contributed by atoms with Crippen LogP contribution in [0.2, 0.25) is 0 Å². The number of benzene rings is 1. The molecule has 0 aromatic heterocycles. The van der Waals surface area contributed by atoms with Crippen molar-refractivity contribution in [3.05, 3.63) is 29.8 Å². The molecule has 0 aliphatic carbocycles. The van der Waals surface area contributed by atoms with E-state index >= 15 is 0 Å². The van der Waals surface area contributed by atoms with Crippen LogP contribution in [0, 0.1) is 0 Å². The molecular weight excluding hydrogens is 323 g/mol. The number of hydrogen-bond donors (Lipinski definition) is 1. The normalized spacial score (nSPS) is 12.2. The van der Waals surface area contributed by atoms with Crippen LogP contribution in [0.1, 0.15) is 12.0 Å². The van der Waals surface area contributed by atoms with E-state index in [4.69, 9.17) is 4.74 Å². The Bertz CT molecular complexity index is 522. The first kappa shape index (κ1) is 20.1. The second-order valence-corrected chi connectivity index (χ2v) is 5.16. The van der Waals surface area contributed by atoms with Crippen LogP contribution in [0.3, 0.4) is 0 Å². The van der Waals surface area contributed by atoms with E-state index in [1.165, 1.54) is 0 Å². The Balaban J connectivity index is 2.38. The molecule has 0 radical (unpaired) electrons. The van der Waals surface area contributed by atoms with Crippen LogP contribution in [-0.2, 0) is 11.3 Å². The van der Waals surface area contributed by atoms with Crippen molar-refractivity contribution in [2.45, 2.75) is 19.1 Å². The number of hydrogen-bond acceptors (Lipinski definition) is 3. The van der Waals surface area contributed by atoms with E-state index in [2.05, 4.69) is 15.0 Å². The first-order valence-corrected chi connectivity index (χ1v) is 7.55. The molecule has 0 aliphatic heterocycles. The van der Waals surface area contributed by atoms with Gasteiger partial charge in [-0.3, -0.25) is 4.99 Å². The zero-order chi connectivity index (χ0) is 18.0. The highest BCUT2D eigenvalue weighted by Gasteiger charge is 2.27. The van der Waals surface area contributed by atoms with Crippen LogP contribution < -0.4 is 10.1 Å². The third kappa shape index (κ3) is 7.54. The van der Waals surface area contributed by atoms with E-state index in [0.29, 0.717) is 25.5 Å². The number of guanidine groups is 1. The molecule has 0 unspecified atom stereocenters. The van der Waals surface area contributed by atoms with Gasteiger partial charge in [-0.05, 0) is 12.5 Å². The number of nitrogens with zero attached hydrogens (tertiary/aromatic N) is 2. The van der Waals surface area contributed by atoms with Crippen molar-refractivity contribution in [2.24, 2.45) is 4.99 Å². The fourth-order valence-corrected chi connectivity index (χ4v) is 2.11. The van der Waals surface area contributed by atoms with Crippen LogP contribution >= 0.6 is 0 Å². The molecule has 0 saturated carbocycles. The summed E-state index contributed by atoms with van der Waals surface area (Å²) >= 11 is 0. The van der Waals surface area contributed by atoms with Crippen molar-refractivity contribution in [3.63, 3.8) is 0 Å². The molecule has 0 amide bonds. The van der Waals surface area contributed by atoms with Gasteiger partial charge in [0.2, 0.25) is 0 Å². The van der Waals surface area contributed by atoms with Crippen LogP contribution in [0.5, 0.6) is 5.75 Å². The zero-order valence-corrected chi connectivity index (χ0v) is 14.2. The van der Waals surface area contributed by atoms with Gasteiger partial charge in [0.25, 0.3) is 0 Å². The maximum absolute atomic E-state index is 11.9. The SMILES string of the molecule is CN=C(NCCCOCC(F)(F)F)N(C)Cc1ccccc1OC. The molecule has 0 heterocycles. The Morgan fingerprint density at radius 3 is 2.62 bits per heavy atom. The summed E-state index contributed by atoms with van der Waals surface area (Å²) in [4.78, 5) is 6.08. The third-order valence-corrected chi connectivity index (χ3v) is 3.19. The Hall–Kier alpha value is -1.96. The minimum Gasteiger partial charge on any atom is -0.496 e. The lowest BCUT2D eigenvalue weighted by molar-refractivity contribution is -0.173. The number of aliphatic imine (C=N–C) groups is 1. The Labute approximate surface area is 140 Å². The maximum Gasteiger partial charge on any atom is 0.411 e. The van der Waals surface area contributed by atoms with Gasteiger partial charge in [0.15, 0.2) is 5.96 Å². The molecule has 1 aromatic rings. The number of halogens is 3. The molecule has 136 valence electrons. The smallest absolute Gasteiger partial charge is 0.411 e. The summed E-state index contributed by atoms with van der Waals surface area (Å²) in [5.41, 5.74) is 1.01. The number of alkyl halides is 3. The van der Waals surface area contributed by atoms with Crippen LogP contribution in [0.15, 0.2) is 29.3 Å². The second-order valence-electron chi connectivity index (χ2n) is 5.16. The maximum atomic E-state index is 11.9. The molecule has 1 N–H and O–H groups in total. The second kappa shape index (κ2) is 10.0. The fourth-order valence-electron chi connectivity index (χ4n) is 2.11. The lowest BCUT2D eigenvalue weighted by Crippen LogP contribution is -2.39. The Kier molecular flexibility index (Phi) is 8.39. The van der Waals surface area contributed by atoms with E-state index in [9.17, 15) is 13.2 Å². The minimum absolute atomic E-state index is 0.0414. The van der Waals surface area contributed by atoms with Gasteiger partial charge in [0.05, 0.1) is 7.11 Å². The van der Waals surface area contributed by atoms with Gasteiger partial charge >= 0.3 is 6.18 Å². The highest BCUT2D eigenvalue weighted by atomic mass is 19.4. The van der Waals surface area contributed by atoms with Crippen LogP contribution in [0.25, 0.3) is 0 Å². The van der Waals surface area contributed by atoms with E-state index in [1.54, 1.807) is 14.2 Å². The molecular formula is C16H24F3N3O2. The zero-order valence-electron chi connectivity index (χ0n) is 14.2. The first-order chi connectivity index (χ1) is 11.4. The summed E-state index contributed by atoms with van der Waals surface area (Å²) in [6, 6.07) is 7.68. The molecule has 0 saturated heterocycles. The molecule has 0 atom stereocenters. The van der Waals surface area contributed by atoms with Crippen molar-refractivity contribution in [3.8, 4) is 5.75 Å². The highest BCUT2D eigenvalue weighted by Crippen LogP contribution is 2.18. The number of methoxy groups -OCH3 is 1. The topological polar surface area (TPSA) is 46.1 Å². The molecule has 24 heavy (non-hydrogen) atoms. The van der Waals surface area contributed by atoms with Gasteiger partial charge in [-0.15, -0.1) is 0 Å². The van der Waals surface area contributed by atoms with Crippen molar-refractivity contribution >= 4 is 5.96 Å². The predicted octanol–water partition coefficient (Wildman–Crippen LogP) is 2.67. The van der Waals surface area contributed by atoms with Crippen molar-refractivity contribution in [1.82, 2.24) is 10.2 Å². The van der Waals surface area contributed by atoms with Crippen molar-refractivity contribution < 1.29 is 22.6 Å². The number of rotatable bonds is 8. The standard InChI is InChI=1S/C16H24F3N3O2/c1-20-15(21-9-6-10-24-12-16(17,18)19)22(2)11-13-7-4-5-8-14(13)23-3/h4-5,7-8H,6,9-12H2,1-3H3,(H,20,21). The Morgan fingerprint density at radius 1 is 1.29 bits per heavy atom. The number of nitrogens with one attached hydrogen (secondary N) is 1. The van der Waals surface area contributed by atoms with E-state index in [1.807, 2.05) is 36.2 Å². The molecule has 5 nitrogen and oxygen atoms in total. The fraction of sp³-hybridized carbons (Fsp3) is 0.562. The van der Waals surface area contributed by atoms with Crippen molar-refractivity contribution in [1.29, 1.82) is 0 Å². The van der Waals surface area contributed by atoms with Crippen molar-refractivity contribution in [2.75, 3.05) is 41.0 Å². The lowest BCUT2D eigenvalue weighted by atomic mass is 10.2. The summed E-state index contributed by atoms with van der Waals surface area (Å²) in [5, 5.41) is 3.10. The van der Waals surface area contributed by atoms with Gasteiger partial charge in [-0.1, -0.05) is 18.2 Å². The van der Waals surface area contributed by atoms with Gasteiger partial charge in [-0.25, -0.2) is 0 Å². The molecule has 0 aliphatic rings. The third-order valence-electron chi connectivity index (χ3n) is 3.19. The summed E-state index contributed by atoms with van der Waals surface area (Å²) in [7, 11) is 5.15. The highest BCUT2D eigenvalue weighted by molar-refractivity contribution is 5.79. The number of ether oxygens (including phenoxy) is 2. The predicted molar refractivity (Wildman–Crippen MR) is 87.3 cm³/mol. The average molecular weight is 347 g/mol. The molecule has 1 rings (SSSR count). The van der Waals surface area contributed by atoms with Crippen LogP contribution in [-0.4, -0.2) is 58.0 Å². The molecule has 8 heteroatoms. The van der Waals surface area contributed by atoms with Gasteiger partial charge in [-0.2, -0.15) is 13.2 Å². The van der Waals surface area contributed by atoms with E-state index in [-0.39, 0.29) is 6.61 Å². The molecule has 1 aromatic carbocycles. The van der Waals surface area contributed by atoms with Gasteiger partial charge in [0.1, 0.15) is 12.4 Å². The quantitative estimate of drug-likeness (QED) is 0.446. The average Bonchev–Trinajstić information content (AvgIpc) is 2.53. The first-order valence-electron chi connectivity index (χ1n) is 7.55. The molecule has 0 spiro atoms. The van der Waals surface area contributed by atoms with Gasteiger partial charge < -0.3 is 19.7 Å².